The van der Waals surface area contributed by atoms with Gasteiger partial charge in [0.2, 0.25) is 5.95 Å². The van der Waals surface area contributed by atoms with Crippen LogP contribution in [0.15, 0.2) is 59.8 Å². The Morgan fingerprint density at radius 2 is 1.86 bits per heavy atom. The molecule has 1 saturated heterocycles. The summed E-state index contributed by atoms with van der Waals surface area (Å²) in [5.74, 6) is 0.652. The summed E-state index contributed by atoms with van der Waals surface area (Å²) in [4.78, 5) is 28.6. The second-order valence-corrected chi connectivity index (χ2v) is 8.23. The highest BCUT2D eigenvalue weighted by Crippen LogP contribution is 2.28. The molecule has 0 bridgehead atoms. The van der Waals surface area contributed by atoms with Crippen molar-refractivity contribution in [3.63, 3.8) is 0 Å². The molecule has 0 spiro atoms. The van der Waals surface area contributed by atoms with Crippen LogP contribution in [0, 0.1) is 0 Å². The maximum atomic E-state index is 13.4. The van der Waals surface area contributed by atoms with Crippen LogP contribution in [0.25, 0.3) is 22.0 Å². The molecule has 35 heavy (non-hydrogen) atoms. The van der Waals surface area contributed by atoms with Crippen LogP contribution in [0.2, 0.25) is 0 Å². The first-order valence-electron chi connectivity index (χ1n) is 11.4. The largest absolute Gasteiger partial charge is 0.383 e. The molecule has 0 atom stereocenters. The van der Waals surface area contributed by atoms with Gasteiger partial charge in [-0.2, -0.15) is 0 Å². The highest BCUT2D eigenvalue weighted by molar-refractivity contribution is 5.95. The molecule has 3 N–H and O–H groups in total. The number of pyridine rings is 2. The zero-order valence-electron chi connectivity index (χ0n) is 19.5. The smallest absolute Gasteiger partial charge is 0.262 e. The quantitative estimate of drug-likeness (QED) is 0.417. The van der Waals surface area contributed by atoms with E-state index in [4.69, 9.17) is 20.2 Å². The fourth-order valence-electron chi connectivity index (χ4n) is 4.09. The van der Waals surface area contributed by atoms with Crippen LogP contribution in [0.4, 0.5) is 23.1 Å². The van der Waals surface area contributed by atoms with Crippen LogP contribution < -0.4 is 21.5 Å². The maximum Gasteiger partial charge on any atom is 0.262 e. The summed E-state index contributed by atoms with van der Waals surface area (Å²) in [6, 6.07) is 11.9. The summed E-state index contributed by atoms with van der Waals surface area (Å²) >= 11 is 0. The second-order valence-electron chi connectivity index (χ2n) is 8.23. The number of morpholine rings is 1. The van der Waals surface area contributed by atoms with E-state index >= 15 is 0 Å². The third kappa shape index (κ3) is 4.93. The molecule has 0 amide bonds. The number of nitrogen functional groups attached to an aromatic ring is 1. The molecule has 4 aromatic rings. The number of nitrogens with zero attached hydrogens (tertiary/aromatic N) is 5. The summed E-state index contributed by atoms with van der Waals surface area (Å²) in [7, 11) is 1.61. The van der Waals surface area contributed by atoms with Crippen molar-refractivity contribution in [3.8, 4) is 11.3 Å². The van der Waals surface area contributed by atoms with Gasteiger partial charge in [-0.25, -0.2) is 15.0 Å². The Labute approximate surface area is 202 Å². The van der Waals surface area contributed by atoms with Crippen molar-refractivity contribution in [3.05, 3.63) is 65.3 Å². The molecule has 1 aliphatic heterocycles. The number of methoxy groups -OCH3 is 1. The Morgan fingerprint density at radius 3 is 2.57 bits per heavy atom. The Bertz CT molecular complexity index is 1370. The number of hydrogen-bond acceptors (Lipinski definition) is 9. The number of fused-ring (bicyclic) bond motifs is 1. The Morgan fingerprint density at radius 1 is 1.11 bits per heavy atom. The maximum absolute atomic E-state index is 13.4. The van der Waals surface area contributed by atoms with Crippen molar-refractivity contribution in [1.29, 1.82) is 0 Å². The molecule has 3 aromatic heterocycles. The molecule has 4 heterocycles. The summed E-state index contributed by atoms with van der Waals surface area (Å²) in [5, 5.41) is 4.62. The molecule has 180 valence electrons. The summed E-state index contributed by atoms with van der Waals surface area (Å²) in [6.07, 6.45) is 5.02. The van der Waals surface area contributed by atoms with Gasteiger partial charge in [0.15, 0.2) is 0 Å². The molecule has 0 unspecified atom stereocenters. The second kappa shape index (κ2) is 10.1. The van der Waals surface area contributed by atoms with Crippen molar-refractivity contribution in [2.24, 2.45) is 0 Å². The molecule has 1 aliphatic rings. The number of nitrogens with two attached hydrogens (primary N) is 1. The topological polar surface area (TPSA) is 120 Å². The minimum atomic E-state index is -0.139. The molecule has 0 saturated carbocycles. The van der Waals surface area contributed by atoms with Crippen LogP contribution in [0.3, 0.4) is 0 Å². The third-order valence-corrected chi connectivity index (χ3v) is 5.97. The molecule has 0 radical (unpaired) electrons. The number of aromatic nitrogens is 4. The fraction of sp³-hybridized carbons (Fsp3) is 0.280. The Hall–Kier alpha value is -4.02. The van der Waals surface area contributed by atoms with Crippen LogP contribution in [0.5, 0.6) is 0 Å². The minimum Gasteiger partial charge on any atom is -0.383 e. The van der Waals surface area contributed by atoms with Gasteiger partial charge in [-0.1, -0.05) is 0 Å². The number of hydrogen-bond donors (Lipinski definition) is 2. The van der Waals surface area contributed by atoms with E-state index in [2.05, 4.69) is 32.3 Å². The monoisotopic (exact) mass is 473 g/mol. The molecule has 1 aromatic carbocycles. The van der Waals surface area contributed by atoms with E-state index in [0.29, 0.717) is 35.6 Å². The molecule has 5 rings (SSSR count). The molecular formula is C25H27N7O3. The number of benzene rings is 1. The van der Waals surface area contributed by atoms with Crippen LogP contribution in [0.1, 0.15) is 0 Å². The van der Waals surface area contributed by atoms with Gasteiger partial charge in [0.25, 0.3) is 5.56 Å². The first-order valence-corrected chi connectivity index (χ1v) is 11.4. The number of nitrogens with one attached hydrogen (secondary N) is 1. The first kappa shape index (κ1) is 22.8. The van der Waals surface area contributed by atoms with Crippen molar-refractivity contribution in [2.45, 2.75) is 6.54 Å². The molecule has 10 heteroatoms. The Balaban J connectivity index is 1.55. The average molecular weight is 474 g/mol. The van der Waals surface area contributed by atoms with Gasteiger partial charge >= 0.3 is 0 Å². The van der Waals surface area contributed by atoms with Crippen molar-refractivity contribution >= 4 is 33.9 Å². The van der Waals surface area contributed by atoms with E-state index in [1.54, 1.807) is 30.3 Å². The molecule has 1 fully saturated rings. The average Bonchev–Trinajstić information content (AvgIpc) is 2.89. The van der Waals surface area contributed by atoms with Gasteiger partial charge in [0, 0.05) is 62.3 Å². The molecule has 10 nitrogen and oxygen atoms in total. The number of ether oxygens (including phenoxy) is 2. The van der Waals surface area contributed by atoms with Crippen molar-refractivity contribution in [1.82, 2.24) is 19.5 Å². The summed E-state index contributed by atoms with van der Waals surface area (Å²) in [6.45, 7) is 4.08. The predicted molar refractivity (Wildman–Crippen MR) is 136 cm³/mol. The molecule has 0 aliphatic carbocycles. The lowest BCUT2D eigenvalue weighted by atomic mass is 10.1. The van der Waals surface area contributed by atoms with E-state index in [9.17, 15) is 4.79 Å². The Kier molecular flexibility index (Phi) is 6.55. The number of anilines is 4. The number of rotatable bonds is 7. The van der Waals surface area contributed by atoms with Gasteiger partial charge in [-0.05, 0) is 41.8 Å². The van der Waals surface area contributed by atoms with Gasteiger partial charge in [0.05, 0.1) is 30.9 Å². The van der Waals surface area contributed by atoms with E-state index in [-0.39, 0.29) is 11.5 Å². The lowest BCUT2D eigenvalue weighted by molar-refractivity contribution is 0.122. The molecular weight excluding hydrogens is 446 g/mol. The lowest BCUT2D eigenvalue weighted by Gasteiger charge is -2.29. The minimum absolute atomic E-state index is 0.139. The van der Waals surface area contributed by atoms with Crippen LogP contribution >= 0.6 is 0 Å². The van der Waals surface area contributed by atoms with Crippen LogP contribution in [-0.2, 0) is 16.0 Å². The van der Waals surface area contributed by atoms with Gasteiger partial charge in [0.1, 0.15) is 5.82 Å². The SMILES string of the molecule is COCCn1ccc2cc(-c3cnc(N)nc3)nc(Nc3ccc(N4CCOCC4)cc3)c2c1=O. The third-order valence-electron chi connectivity index (χ3n) is 5.97. The first-order chi connectivity index (χ1) is 17.1. The van der Waals surface area contributed by atoms with Gasteiger partial charge in [-0.15, -0.1) is 0 Å². The van der Waals surface area contributed by atoms with Crippen molar-refractivity contribution in [2.75, 3.05) is 56.0 Å². The highest BCUT2D eigenvalue weighted by atomic mass is 16.5. The van der Waals surface area contributed by atoms with E-state index < -0.39 is 0 Å². The predicted octanol–water partition coefficient (Wildman–Crippen LogP) is 2.66. The lowest BCUT2D eigenvalue weighted by Crippen LogP contribution is -2.36. The van der Waals surface area contributed by atoms with E-state index in [1.807, 2.05) is 24.3 Å². The zero-order chi connectivity index (χ0) is 24.2. The standard InChI is InChI=1S/C25H27N7O3/c1-34-11-8-32-7-6-17-14-21(18-15-27-25(26)28-16-18)30-23(22(17)24(32)33)29-19-2-4-20(5-3-19)31-9-12-35-13-10-31/h2-7,14-16H,8-13H2,1H3,(H,29,30)(H2,26,27,28). The normalized spacial score (nSPS) is 13.8. The van der Waals surface area contributed by atoms with Crippen LogP contribution in [-0.4, -0.2) is 59.5 Å². The fourth-order valence-corrected chi connectivity index (χ4v) is 4.09. The van der Waals surface area contributed by atoms with E-state index in [0.717, 1.165) is 43.1 Å². The summed E-state index contributed by atoms with van der Waals surface area (Å²) in [5.41, 5.74) is 8.81. The van der Waals surface area contributed by atoms with E-state index in [1.165, 1.54) is 0 Å². The highest BCUT2D eigenvalue weighted by Gasteiger charge is 2.15. The summed E-state index contributed by atoms with van der Waals surface area (Å²) < 4.78 is 12.2. The zero-order valence-corrected chi connectivity index (χ0v) is 19.5. The van der Waals surface area contributed by atoms with Crippen molar-refractivity contribution < 1.29 is 9.47 Å². The van der Waals surface area contributed by atoms with Gasteiger partial charge < -0.3 is 30.0 Å². The van der Waals surface area contributed by atoms with Gasteiger partial charge in [-0.3, -0.25) is 4.79 Å².